The number of carboxylic acid groups (broad SMARTS) is 1. The normalized spacial score (nSPS) is 9.33. The molecule has 0 fully saturated rings. The first-order valence-corrected chi connectivity index (χ1v) is 2.62. The smallest absolute Gasteiger partial charge is 0.417 e. The van der Waals surface area contributed by atoms with Crippen LogP contribution in [0, 0.1) is 4.77 Å². The molecule has 0 bridgehead atoms. The van der Waals surface area contributed by atoms with Crippen molar-refractivity contribution < 1.29 is 9.90 Å². The minimum atomic E-state index is -1.07. The third-order valence-electron chi connectivity index (χ3n) is 0.855. The molecule has 1 rings (SSSR count). The van der Waals surface area contributed by atoms with Gasteiger partial charge in [0.1, 0.15) is 0 Å². The molecule has 5 heteroatoms. The Morgan fingerprint density at radius 3 is 2.78 bits per heavy atom. The van der Waals surface area contributed by atoms with Gasteiger partial charge in [-0.2, -0.15) is 0 Å². The Kier molecular flexibility index (Phi) is 1.35. The number of rotatable bonds is 0. The van der Waals surface area contributed by atoms with Crippen molar-refractivity contribution in [2.75, 3.05) is 0 Å². The summed E-state index contributed by atoms with van der Waals surface area (Å²) in [5, 5.41) is 8.33. The summed E-state index contributed by atoms with van der Waals surface area (Å²) in [6.07, 6.45) is 1.75. The zero-order valence-corrected chi connectivity index (χ0v) is 5.18. The molecule has 0 unspecified atom stereocenters. The molecule has 0 atom stereocenters. The molecule has 0 aromatic carbocycles. The van der Waals surface area contributed by atoms with Crippen molar-refractivity contribution in [1.29, 1.82) is 0 Å². The first-order chi connectivity index (χ1) is 4.22. The van der Waals surface area contributed by atoms with Crippen LogP contribution in [0.15, 0.2) is 12.4 Å². The van der Waals surface area contributed by atoms with Gasteiger partial charge in [0.15, 0.2) is 4.77 Å². The maximum Gasteiger partial charge on any atom is 0.417 e. The fourth-order valence-corrected chi connectivity index (χ4v) is 0.678. The highest BCUT2D eigenvalue weighted by atomic mass is 32.1. The van der Waals surface area contributed by atoms with Crippen molar-refractivity contribution in [3.8, 4) is 0 Å². The average Bonchev–Trinajstić information content (AvgIpc) is 2.13. The predicted molar refractivity (Wildman–Crippen MR) is 33.0 cm³/mol. The van der Waals surface area contributed by atoms with E-state index in [9.17, 15) is 4.79 Å². The van der Waals surface area contributed by atoms with Gasteiger partial charge in [0.2, 0.25) is 0 Å². The lowest BCUT2D eigenvalue weighted by Gasteiger charge is -1.87. The standard InChI is InChI=1S/C4H4N2O2S/c7-4(8)6-2-1-5-3(6)9/h1-2H,(H,5,9)(H,7,8). The summed E-state index contributed by atoms with van der Waals surface area (Å²) in [6, 6.07) is 0. The zero-order chi connectivity index (χ0) is 6.85. The highest BCUT2D eigenvalue weighted by Gasteiger charge is 1.98. The van der Waals surface area contributed by atoms with E-state index in [1.54, 1.807) is 0 Å². The van der Waals surface area contributed by atoms with Gasteiger partial charge in [-0.3, -0.25) is 0 Å². The summed E-state index contributed by atoms with van der Waals surface area (Å²) >= 11 is 4.59. The van der Waals surface area contributed by atoms with Crippen LogP contribution in [-0.2, 0) is 0 Å². The summed E-state index contributed by atoms with van der Waals surface area (Å²) in [5.74, 6) is 0. The topological polar surface area (TPSA) is 58.0 Å². The van der Waals surface area contributed by atoms with Gasteiger partial charge < -0.3 is 10.1 Å². The van der Waals surface area contributed by atoms with Crippen LogP contribution >= 0.6 is 12.2 Å². The van der Waals surface area contributed by atoms with E-state index >= 15 is 0 Å². The molecule has 0 aliphatic heterocycles. The van der Waals surface area contributed by atoms with Crippen LogP contribution in [0.1, 0.15) is 0 Å². The van der Waals surface area contributed by atoms with Gasteiger partial charge in [-0.05, 0) is 12.2 Å². The monoisotopic (exact) mass is 144 g/mol. The first-order valence-electron chi connectivity index (χ1n) is 2.21. The molecule has 0 aliphatic carbocycles. The van der Waals surface area contributed by atoms with E-state index in [4.69, 9.17) is 5.11 Å². The van der Waals surface area contributed by atoms with Crippen LogP contribution in [0.3, 0.4) is 0 Å². The van der Waals surface area contributed by atoms with Crippen molar-refractivity contribution >= 4 is 18.3 Å². The van der Waals surface area contributed by atoms with Crippen LogP contribution in [0.2, 0.25) is 0 Å². The Hall–Kier alpha value is -1.10. The van der Waals surface area contributed by atoms with E-state index in [1.807, 2.05) is 0 Å². The number of nitrogens with one attached hydrogen (secondary N) is 1. The number of nitrogens with zero attached hydrogens (tertiary/aromatic N) is 1. The molecule has 1 aromatic rings. The van der Waals surface area contributed by atoms with E-state index < -0.39 is 6.09 Å². The number of hydrogen-bond acceptors (Lipinski definition) is 2. The van der Waals surface area contributed by atoms with Gasteiger partial charge in [-0.25, -0.2) is 9.36 Å². The van der Waals surface area contributed by atoms with E-state index in [1.165, 1.54) is 12.4 Å². The second-order valence-electron chi connectivity index (χ2n) is 1.42. The maximum absolute atomic E-state index is 10.2. The Morgan fingerprint density at radius 1 is 1.89 bits per heavy atom. The lowest BCUT2D eigenvalue weighted by Crippen LogP contribution is -2.05. The van der Waals surface area contributed by atoms with Gasteiger partial charge in [0.25, 0.3) is 0 Å². The number of carbonyl (C=O) groups is 1. The van der Waals surface area contributed by atoms with Crippen LogP contribution in [-0.4, -0.2) is 20.8 Å². The lowest BCUT2D eigenvalue weighted by atomic mass is 10.9. The molecule has 0 aliphatic rings. The molecular weight excluding hydrogens is 140 g/mol. The van der Waals surface area contributed by atoms with Crippen molar-refractivity contribution in [2.24, 2.45) is 0 Å². The van der Waals surface area contributed by atoms with Crippen LogP contribution in [0.25, 0.3) is 0 Å². The molecule has 0 saturated heterocycles. The van der Waals surface area contributed by atoms with Gasteiger partial charge in [-0.15, -0.1) is 0 Å². The van der Waals surface area contributed by atoms with Gasteiger partial charge in [-0.1, -0.05) is 0 Å². The summed E-state index contributed by atoms with van der Waals surface area (Å²) < 4.78 is 1.12. The Balaban J connectivity index is 3.24. The number of H-pyrrole nitrogens is 1. The summed E-state index contributed by atoms with van der Waals surface area (Å²) in [6.45, 7) is 0. The minimum Gasteiger partial charge on any atom is -0.464 e. The predicted octanol–water partition coefficient (Wildman–Crippen LogP) is 1.07. The van der Waals surface area contributed by atoms with E-state index in [2.05, 4.69) is 17.2 Å². The van der Waals surface area contributed by atoms with E-state index in [0.717, 1.165) is 4.57 Å². The van der Waals surface area contributed by atoms with E-state index in [0.29, 0.717) is 0 Å². The Morgan fingerprint density at radius 2 is 2.56 bits per heavy atom. The summed E-state index contributed by atoms with van der Waals surface area (Å²) in [7, 11) is 0. The molecule has 9 heavy (non-hydrogen) atoms. The van der Waals surface area contributed by atoms with Crippen molar-refractivity contribution in [2.45, 2.75) is 0 Å². The third-order valence-corrected chi connectivity index (χ3v) is 1.17. The highest BCUT2D eigenvalue weighted by Crippen LogP contribution is 1.87. The fraction of sp³-hybridized carbons (Fsp3) is 0. The number of imidazole rings is 1. The Labute approximate surface area is 55.7 Å². The molecule has 0 saturated carbocycles. The van der Waals surface area contributed by atoms with Crippen molar-refractivity contribution in [3.63, 3.8) is 0 Å². The summed E-state index contributed by atoms with van der Waals surface area (Å²) in [4.78, 5) is 12.7. The molecule has 48 valence electrons. The van der Waals surface area contributed by atoms with Crippen molar-refractivity contribution in [3.05, 3.63) is 17.2 Å². The molecular formula is C4H4N2O2S. The molecule has 0 amide bonds. The quantitative estimate of drug-likeness (QED) is 0.535. The Bertz CT molecular complexity index is 274. The van der Waals surface area contributed by atoms with Gasteiger partial charge in [0, 0.05) is 12.4 Å². The molecule has 1 heterocycles. The third kappa shape index (κ3) is 0.996. The largest absolute Gasteiger partial charge is 0.464 e. The number of hydrogen-bond donors (Lipinski definition) is 2. The van der Waals surface area contributed by atoms with Crippen LogP contribution in [0.5, 0.6) is 0 Å². The summed E-state index contributed by atoms with van der Waals surface area (Å²) in [5.41, 5.74) is 0. The molecule has 0 spiro atoms. The van der Waals surface area contributed by atoms with Crippen LogP contribution < -0.4 is 0 Å². The van der Waals surface area contributed by atoms with Gasteiger partial charge >= 0.3 is 6.09 Å². The zero-order valence-electron chi connectivity index (χ0n) is 4.37. The van der Waals surface area contributed by atoms with E-state index in [-0.39, 0.29) is 4.77 Å². The average molecular weight is 144 g/mol. The maximum atomic E-state index is 10.2. The SMILES string of the molecule is O=C(O)n1cc[nH]c1=S. The highest BCUT2D eigenvalue weighted by molar-refractivity contribution is 7.71. The van der Waals surface area contributed by atoms with Crippen LogP contribution in [0.4, 0.5) is 4.79 Å². The molecule has 2 N–H and O–H groups in total. The second kappa shape index (κ2) is 2.02. The first kappa shape index (κ1) is 6.03. The number of aromatic nitrogens is 2. The number of aromatic amines is 1. The van der Waals surface area contributed by atoms with Gasteiger partial charge in [0.05, 0.1) is 0 Å². The molecule has 1 aromatic heterocycles. The lowest BCUT2D eigenvalue weighted by molar-refractivity contribution is 0.196. The fourth-order valence-electron chi connectivity index (χ4n) is 0.471. The second-order valence-corrected chi connectivity index (χ2v) is 1.80. The molecule has 4 nitrogen and oxygen atoms in total. The van der Waals surface area contributed by atoms with Crippen molar-refractivity contribution in [1.82, 2.24) is 9.55 Å². The molecule has 0 radical (unpaired) electrons. The minimum absolute atomic E-state index is 0.197.